The van der Waals surface area contributed by atoms with Crippen molar-refractivity contribution in [1.29, 1.82) is 0 Å². The van der Waals surface area contributed by atoms with Crippen LogP contribution < -0.4 is 0 Å². The molecule has 0 aromatic heterocycles. The number of halogens is 1. The number of Topliss-reactive ketones (excluding diaryl/α,β-unsaturated/α-hetero) is 1. The predicted molar refractivity (Wildman–Crippen MR) is 144 cm³/mol. The van der Waals surface area contributed by atoms with E-state index in [2.05, 4.69) is 15.9 Å². The van der Waals surface area contributed by atoms with Crippen LogP contribution in [0.15, 0.2) is 72.3 Å². The Morgan fingerprint density at radius 1 is 0.892 bits per heavy atom. The topological polar surface area (TPSA) is 71.1 Å². The van der Waals surface area contributed by atoms with Crippen molar-refractivity contribution in [1.82, 2.24) is 0 Å². The fraction of sp³-hybridized carbons (Fsp3) is 0.467. The minimum Gasteiger partial charge on any atom is -0.376 e. The van der Waals surface area contributed by atoms with E-state index in [1.54, 1.807) is 0 Å². The van der Waals surface area contributed by atoms with E-state index in [1.165, 1.54) is 6.08 Å². The van der Waals surface area contributed by atoms with Crippen LogP contribution >= 0.6 is 15.9 Å². The van der Waals surface area contributed by atoms with Gasteiger partial charge in [-0.25, -0.2) is 0 Å². The summed E-state index contributed by atoms with van der Waals surface area (Å²) in [6.45, 7) is 7.33. The molecule has 2 aromatic carbocycles. The molecule has 0 bridgehead atoms. The minimum absolute atomic E-state index is 0.0596. The van der Waals surface area contributed by atoms with Gasteiger partial charge in [-0.1, -0.05) is 83.5 Å². The van der Waals surface area contributed by atoms with Gasteiger partial charge in [-0.05, 0) is 31.1 Å². The van der Waals surface area contributed by atoms with Crippen LogP contribution in [0.2, 0.25) is 0 Å². The summed E-state index contributed by atoms with van der Waals surface area (Å²) in [5, 5.41) is 0.403. The number of carbonyl (C=O) groups excluding carboxylic acids is 2. The Morgan fingerprint density at radius 3 is 2.00 bits per heavy atom. The summed E-state index contributed by atoms with van der Waals surface area (Å²) >= 11 is 3.47. The van der Waals surface area contributed by atoms with E-state index in [-0.39, 0.29) is 31.2 Å². The van der Waals surface area contributed by atoms with Crippen molar-refractivity contribution in [2.75, 3.05) is 25.2 Å². The largest absolute Gasteiger partial charge is 0.376 e. The van der Waals surface area contributed by atoms with Crippen LogP contribution in [0.3, 0.4) is 0 Å². The van der Waals surface area contributed by atoms with Gasteiger partial charge in [0.25, 0.3) is 0 Å². The number of allylic oxidation sites excluding steroid dienone is 1. The fourth-order valence-corrected chi connectivity index (χ4v) is 5.87. The first kappa shape index (κ1) is 27.9. The lowest BCUT2D eigenvalue weighted by Crippen LogP contribution is -2.57. The molecule has 1 fully saturated rings. The third kappa shape index (κ3) is 5.25. The molecule has 0 N–H and O–H groups in total. The molecular formula is C30H35BrO6. The Kier molecular flexibility index (Phi) is 8.81. The molecule has 1 unspecified atom stereocenters. The maximum absolute atomic E-state index is 14.1. The van der Waals surface area contributed by atoms with E-state index in [1.807, 2.05) is 81.4 Å². The lowest BCUT2D eigenvalue weighted by molar-refractivity contribution is -0.239. The number of hydrogen-bond donors (Lipinski definition) is 0. The summed E-state index contributed by atoms with van der Waals surface area (Å²) in [5.74, 6) is -0.267. The molecule has 37 heavy (non-hydrogen) atoms. The molecule has 2 aliphatic rings. The predicted octanol–water partition coefficient (Wildman–Crippen LogP) is 5.43. The van der Waals surface area contributed by atoms with Crippen LogP contribution in [-0.4, -0.2) is 48.6 Å². The SMILES string of the molecule is CCOC(CBr)O[C@]12CC(=O)C=C1C(=O)[C@@](C)(COCc1ccccc1)[C@@]2(C)COCc1ccccc1. The summed E-state index contributed by atoms with van der Waals surface area (Å²) in [6, 6.07) is 19.7. The Hall–Kier alpha value is -2.16. The Bertz CT molecular complexity index is 1120. The highest BCUT2D eigenvalue weighted by atomic mass is 79.9. The molecule has 198 valence electrons. The third-order valence-corrected chi connectivity index (χ3v) is 8.36. The van der Waals surface area contributed by atoms with Crippen molar-refractivity contribution < 1.29 is 28.5 Å². The highest BCUT2D eigenvalue weighted by Crippen LogP contribution is 2.64. The van der Waals surface area contributed by atoms with E-state index in [0.29, 0.717) is 30.7 Å². The summed E-state index contributed by atoms with van der Waals surface area (Å²) in [5.41, 5.74) is -0.643. The second kappa shape index (κ2) is 11.7. The molecule has 2 aliphatic carbocycles. The van der Waals surface area contributed by atoms with Crippen molar-refractivity contribution in [2.24, 2.45) is 10.8 Å². The zero-order chi connectivity index (χ0) is 26.5. The molecular weight excluding hydrogens is 536 g/mol. The van der Waals surface area contributed by atoms with Gasteiger partial charge in [0.15, 0.2) is 17.9 Å². The zero-order valence-corrected chi connectivity index (χ0v) is 23.3. The number of ketones is 2. The molecule has 0 amide bonds. The van der Waals surface area contributed by atoms with Gasteiger partial charge >= 0.3 is 0 Å². The Balaban J connectivity index is 1.67. The molecule has 4 atom stereocenters. The average molecular weight is 572 g/mol. The molecule has 2 aromatic rings. The summed E-state index contributed by atoms with van der Waals surface area (Å²) < 4.78 is 24.9. The summed E-state index contributed by atoms with van der Waals surface area (Å²) in [4.78, 5) is 26.9. The van der Waals surface area contributed by atoms with Crippen LogP contribution in [0.1, 0.15) is 38.3 Å². The standard InChI is InChI=1S/C30H35BrO6/c1-4-36-26(17-31)37-30-16-24(32)15-25(30)27(33)28(2,20-34-18-22-11-7-5-8-12-22)29(30,3)21-35-19-23-13-9-6-10-14-23/h5-15,26H,4,16-21H2,1-3H3/t26?,28-,29-,30-/m1/s1. The molecule has 0 heterocycles. The lowest BCUT2D eigenvalue weighted by Gasteiger charge is -2.49. The van der Waals surface area contributed by atoms with Gasteiger partial charge in [0.2, 0.25) is 0 Å². The molecule has 0 aliphatic heterocycles. The van der Waals surface area contributed by atoms with E-state index in [0.717, 1.165) is 11.1 Å². The fourth-order valence-electron chi connectivity index (χ4n) is 5.55. The second-order valence-electron chi connectivity index (χ2n) is 10.1. The first-order chi connectivity index (χ1) is 17.8. The van der Waals surface area contributed by atoms with Gasteiger partial charge in [0.05, 0.1) is 37.2 Å². The monoisotopic (exact) mass is 570 g/mol. The van der Waals surface area contributed by atoms with Crippen molar-refractivity contribution in [3.8, 4) is 0 Å². The minimum atomic E-state index is -1.18. The van der Waals surface area contributed by atoms with Crippen molar-refractivity contribution >= 4 is 27.5 Å². The molecule has 0 saturated heterocycles. The van der Waals surface area contributed by atoms with Gasteiger partial charge in [-0.2, -0.15) is 0 Å². The molecule has 1 saturated carbocycles. The van der Waals surface area contributed by atoms with Crippen molar-refractivity contribution in [3.63, 3.8) is 0 Å². The summed E-state index contributed by atoms with van der Waals surface area (Å²) in [7, 11) is 0. The summed E-state index contributed by atoms with van der Waals surface area (Å²) in [6.07, 6.45) is 0.884. The van der Waals surface area contributed by atoms with Crippen molar-refractivity contribution in [3.05, 3.63) is 83.4 Å². The zero-order valence-electron chi connectivity index (χ0n) is 21.7. The lowest BCUT2D eigenvalue weighted by atomic mass is 9.62. The van der Waals surface area contributed by atoms with Gasteiger partial charge in [0.1, 0.15) is 5.60 Å². The first-order valence-electron chi connectivity index (χ1n) is 12.7. The van der Waals surface area contributed by atoms with Gasteiger partial charge in [-0.3, -0.25) is 9.59 Å². The van der Waals surface area contributed by atoms with E-state index in [9.17, 15) is 9.59 Å². The molecule has 0 spiro atoms. The molecule has 6 nitrogen and oxygen atoms in total. The highest BCUT2D eigenvalue weighted by Gasteiger charge is 2.74. The number of carbonyl (C=O) groups is 2. The van der Waals surface area contributed by atoms with Gasteiger partial charge in [-0.15, -0.1) is 0 Å². The normalized spacial score (nSPS) is 27.8. The maximum atomic E-state index is 14.1. The molecule has 0 radical (unpaired) electrons. The maximum Gasteiger partial charge on any atom is 0.170 e. The highest BCUT2D eigenvalue weighted by molar-refractivity contribution is 9.09. The van der Waals surface area contributed by atoms with E-state index >= 15 is 0 Å². The second-order valence-corrected chi connectivity index (χ2v) is 10.8. The van der Waals surface area contributed by atoms with Crippen LogP contribution in [0.4, 0.5) is 0 Å². The Morgan fingerprint density at radius 2 is 1.46 bits per heavy atom. The number of ether oxygens (including phenoxy) is 4. The first-order valence-corrected chi connectivity index (χ1v) is 13.8. The number of benzene rings is 2. The van der Waals surface area contributed by atoms with Crippen LogP contribution in [0.25, 0.3) is 0 Å². The van der Waals surface area contributed by atoms with Crippen LogP contribution in [0, 0.1) is 10.8 Å². The molecule has 7 heteroatoms. The third-order valence-electron chi connectivity index (χ3n) is 7.83. The number of rotatable bonds is 13. The quantitative estimate of drug-likeness (QED) is 0.236. The van der Waals surface area contributed by atoms with Gasteiger partial charge < -0.3 is 18.9 Å². The number of alkyl halides is 1. The van der Waals surface area contributed by atoms with Crippen LogP contribution in [0.5, 0.6) is 0 Å². The smallest absolute Gasteiger partial charge is 0.170 e. The van der Waals surface area contributed by atoms with Gasteiger partial charge in [0, 0.05) is 24.0 Å². The molecule has 4 rings (SSSR count). The van der Waals surface area contributed by atoms with Crippen LogP contribution in [-0.2, 0) is 41.8 Å². The Labute approximate surface area is 227 Å². The van der Waals surface area contributed by atoms with E-state index in [4.69, 9.17) is 18.9 Å². The van der Waals surface area contributed by atoms with Crippen molar-refractivity contribution in [2.45, 2.75) is 52.3 Å². The number of fused-ring (bicyclic) bond motifs is 1. The number of hydrogen-bond acceptors (Lipinski definition) is 6. The van der Waals surface area contributed by atoms with E-state index < -0.39 is 22.7 Å². The average Bonchev–Trinajstić information content (AvgIpc) is 3.30.